The highest BCUT2D eigenvalue weighted by atomic mass is 35.5. The monoisotopic (exact) mass is 438 g/mol. The number of pyridine rings is 1. The van der Waals surface area contributed by atoms with Gasteiger partial charge < -0.3 is 5.32 Å². The lowest BCUT2D eigenvalue weighted by Crippen LogP contribution is -2.18. The van der Waals surface area contributed by atoms with Gasteiger partial charge in [-0.15, -0.1) is 0 Å². The molecule has 2 aromatic heterocycles. The van der Waals surface area contributed by atoms with Gasteiger partial charge in [-0.05, 0) is 43.3 Å². The summed E-state index contributed by atoms with van der Waals surface area (Å²) in [6.07, 6.45) is -3.00. The van der Waals surface area contributed by atoms with Crippen LogP contribution in [0, 0.1) is 6.92 Å². The Morgan fingerprint density at radius 1 is 1.14 bits per heavy atom. The van der Waals surface area contributed by atoms with Gasteiger partial charge in [0.05, 0.1) is 28.4 Å². The number of nitrogens with zero attached hydrogens (tertiary/aromatic N) is 3. The second-order valence-corrected chi connectivity index (χ2v) is 7.31. The van der Waals surface area contributed by atoms with Crippen LogP contribution in [0.2, 0.25) is 5.02 Å². The van der Waals surface area contributed by atoms with Gasteiger partial charge in [0.2, 0.25) is 5.91 Å². The molecule has 1 amide bonds. The fraction of sp³-hybridized carbons (Fsp3) is 0.158. The molecule has 29 heavy (non-hydrogen) atoms. The molecule has 1 aromatic carbocycles. The van der Waals surface area contributed by atoms with Gasteiger partial charge in [0, 0.05) is 11.2 Å². The Hall–Kier alpha value is -2.65. The molecular weight excluding hydrogens is 425 g/mol. The van der Waals surface area contributed by atoms with Crippen LogP contribution in [0.15, 0.2) is 53.7 Å². The smallest absolute Gasteiger partial charge is 0.325 e. The van der Waals surface area contributed by atoms with E-state index in [1.54, 1.807) is 31.3 Å². The van der Waals surface area contributed by atoms with Crippen molar-refractivity contribution >= 4 is 35.0 Å². The molecule has 0 spiro atoms. The second kappa shape index (κ2) is 8.79. The van der Waals surface area contributed by atoms with Crippen molar-refractivity contribution in [3.05, 3.63) is 65.1 Å². The summed E-state index contributed by atoms with van der Waals surface area (Å²) in [5.41, 5.74) is -0.0995. The van der Waals surface area contributed by atoms with Gasteiger partial charge in [-0.2, -0.15) is 13.2 Å². The van der Waals surface area contributed by atoms with Crippen molar-refractivity contribution in [1.29, 1.82) is 0 Å². The van der Waals surface area contributed by atoms with Gasteiger partial charge >= 0.3 is 6.18 Å². The zero-order valence-corrected chi connectivity index (χ0v) is 16.6. The third-order valence-electron chi connectivity index (χ3n) is 3.65. The van der Waals surface area contributed by atoms with Gasteiger partial charge in [0.1, 0.15) is 10.9 Å². The molecule has 5 nitrogen and oxygen atoms in total. The molecular formula is C19H14ClF3N4OS. The molecule has 0 radical (unpaired) electrons. The molecule has 0 saturated heterocycles. The van der Waals surface area contributed by atoms with Crippen molar-refractivity contribution in [3.8, 4) is 11.4 Å². The van der Waals surface area contributed by atoms with Crippen LogP contribution in [-0.2, 0) is 11.0 Å². The highest BCUT2D eigenvalue weighted by Gasteiger charge is 2.34. The summed E-state index contributed by atoms with van der Waals surface area (Å²) < 4.78 is 39.4. The average Bonchev–Trinajstić information content (AvgIpc) is 2.67. The topological polar surface area (TPSA) is 67.8 Å². The summed E-state index contributed by atoms with van der Waals surface area (Å²) in [4.78, 5) is 25.0. The van der Waals surface area contributed by atoms with Crippen LogP contribution < -0.4 is 5.32 Å². The number of rotatable bonds is 5. The van der Waals surface area contributed by atoms with Crippen molar-refractivity contribution in [2.24, 2.45) is 0 Å². The molecule has 2 heterocycles. The molecule has 0 aliphatic carbocycles. The molecule has 0 aliphatic heterocycles. The van der Waals surface area contributed by atoms with Crippen LogP contribution in [0.4, 0.5) is 18.9 Å². The number of hydrogen-bond acceptors (Lipinski definition) is 5. The molecule has 0 aliphatic rings. The minimum atomic E-state index is -4.64. The van der Waals surface area contributed by atoms with E-state index >= 15 is 0 Å². The van der Waals surface area contributed by atoms with E-state index in [0.29, 0.717) is 22.2 Å². The summed E-state index contributed by atoms with van der Waals surface area (Å²) in [6, 6.07) is 10.3. The molecule has 0 fully saturated rings. The van der Waals surface area contributed by atoms with E-state index in [2.05, 4.69) is 20.3 Å². The second-order valence-electron chi connectivity index (χ2n) is 5.88. The number of halogens is 4. The van der Waals surface area contributed by atoms with E-state index in [-0.39, 0.29) is 16.5 Å². The molecule has 1 N–H and O–H groups in total. The SMILES string of the molecule is Cc1nc(SCC(=O)Nc2ccc(Cl)cc2C(F)(F)F)cc(-c2ccccn2)n1. The summed E-state index contributed by atoms with van der Waals surface area (Å²) in [7, 11) is 0. The number of alkyl halides is 3. The van der Waals surface area contributed by atoms with Crippen molar-refractivity contribution in [2.45, 2.75) is 18.1 Å². The molecule has 10 heteroatoms. The van der Waals surface area contributed by atoms with E-state index in [4.69, 9.17) is 11.6 Å². The Labute approximate surface area is 173 Å². The first-order valence-corrected chi connectivity index (χ1v) is 9.65. The van der Waals surface area contributed by atoms with Crippen LogP contribution in [0.5, 0.6) is 0 Å². The van der Waals surface area contributed by atoms with Gasteiger partial charge in [-0.1, -0.05) is 29.4 Å². The summed E-state index contributed by atoms with van der Waals surface area (Å²) in [6.45, 7) is 1.71. The van der Waals surface area contributed by atoms with Crippen molar-refractivity contribution < 1.29 is 18.0 Å². The Bertz CT molecular complexity index is 1030. The maximum absolute atomic E-state index is 13.1. The van der Waals surface area contributed by atoms with E-state index in [1.807, 2.05) is 6.07 Å². The number of aromatic nitrogens is 3. The summed E-state index contributed by atoms with van der Waals surface area (Å²) in [5, 5.41) is 2.73. The Balaban J connectivity index is 1.72. The Morgan fingerprint density at radius 2 is 1.93 bits per heavy atom. The van der Waals surface area contributed by atoms with Crippen LogP contribution in [0.1, 0.15) is 11.4 Å². The van der Waals surface area contributed by atoms with Crippen LogP contribution >= 0.6 is 23.4 Å². The number of anilines is 1. The minimum Gasteiger partial charge on any atom is -0.325 e. The Kier molecular flexibility index (Phi) is 6.39. The maximum atomic E-state index is 13.1. The van der Waals surface area contributed by atoms with Gasteiger partial charge in [-0.25, -0.2) is 9.97 Å². The third kappa shape index (κ3) is 5.68. The van der Waals surface area contributed by atoms with E-state index in [1.165, 1.54) is 6.07 Å². The first-order valence-electron chi connectivity index (χ1n) is 8.29. The van der Waals surface area contributed by atoms with Crippen LogP contribution in [0.25, 0.3) is 11.4 Å². The fourth-order valence-corrected chi connectivity index (χ4v) is 3.36. The van der Waals surface area contributed by atoms with Crippen molar-refractivity contribution in [2.75, 3.05) is 11.1 Å². The molecule has 0 unspecified atom stereocenters. The average molecular weight is 439 g/mol. The molecule has 3 rings (SSSR count). The Morgan fingerprint density at radius 3 is 2.62 bits per heavy atom. The van der Waals surface area contributed by atoms with E-state index < -0.39 is 17.6 Å². The number of nitrogens with one attached hydrogen (secondary N) is 1. The number of aryl methyl sites for hydroxylation is 1. The largest absolute Gasteiger partial charge is 0.418 e. The van der Waals surface area contributed by atoms with Gasteiger partial charge in [0.15, 0.2) is 0 Å². The summed E-state index contributed by atoms with van der Waals surface area (Å²) in [5.74, 6) is -0.232. The first-order chi connectivity index (χ1) is 13.7. The third-order valence-corrected chi connectivity index (χ3v) is 4.80. The van der Waals surface area contributed by atoms with Crippen molar-refractivity contribution in [3.63, 3.8) is 0 Å². The molecule has 3 aromatic rings. The van der Waals surface area contributed by atoms with Gasteiger partial charge in [-0.3, -0.25) is 9.78 Å². The normalized spacial score (nSPS) is 11.3. The summed E-state index contributed by atoms with van der Waals surface area (Å²) >= 11 is 6.73. The zero-order chi connectivity index (χ0) is 21.0. The van der Waals surface area contributed by atoms with E-state index in [9.17, 15) is 18.0 Å². The van der Waals surface area contributed by atoms with Crippen molar-refractivity contribution in [1.82, 2.24) is 15.0 Å². The van der Waals surface area contributed by atoms with Gasteiger partial charge in [0.25, 0.3) is 0 Å². The predicted molar refractivity (Wildman–Crippen MR) is 106 cm³/mol. The number of carbonyl (C=O) groups is 1. The fourth-order valence-electron chi connectivity index (χ4n) is 2.45. The van der Waals surface area contributed by atoms with E-state index in [0.717, 1.165) is 23.9 Å². The lowest BCUT2D eigenvalue weighted by Gasteiger charge is -2.14. The molecule has 0 saturated carbocycles. The minimum absolute atomic E-state index is 0.0665. The highest BCUT2D eigenvalue weighted by molar-refractivity contribution is 7.99. The predicted octanol–water partition coefficient (Wildman–Crippen LogP) is 5.25. The molecule has 150 valence electrons. The maximum Gasteiger partial charge on any atom is 0.418 e. The number of carbonyl (C=O) groups excluding carboxylic acids is 1. The first kappa shape index (κ1) is 21.1. The standard InChI is InChI=1S/C19H14ClF3N4OS/c1-11-25-16(15-4-2-3-7-24-15)9-18(26-11)29-10-17(28)27-14-6-5-12(20)8-13(14)19(21,22)23/h2-9H,10H2,1H3,(H,27,28). The zero-order valence-electron chi connectivity index (χ0n) is 15.0. The number of thioether (sulfide) groups is 1. The quantitative estimate of drug-likeness (QED) is 0.435. The highest BCUT2D eigenvalue weighted by Crippen LogP contribution is 2.36. The number of hydrogen-bond donors (Lipinski definition) is 1. The lowest BCUT2D eigenvalue weighted by atomic mass is 10.1. The van der Waals surface area contributed by atoms with Crippen LogP contribution in [-0.4, -0.2) is 26.6 Å². The molecule has 0 atom stereocenters. The van der Waals surface area contributed by atoms with Crippen LogP contribution in [0.3, 0.4) is 0 Å². The number of amides is 1. The number of benzene rings is 1. The molecule has 0 bridgehead atoms. The lowest BCUT2D eigenvalue weighted by molar-refractivity contribution is -0.137.